The van der Waals surface area contributed by atoms with Gasteiger partial charge in [-0.1, -0.05) is 15.9 Å². The van der Waals surface area contributed by atoms with Gasteiger partial charge in [0.1, 0.15) is 5.69 Å². The van der Waals surface area contributed by atoms with E-state index >= 15 is 0 Å². The summed E-state index contributed by atoms with van der Waals surface area (Å²) in [6.45, 7) is 5.30. The molecule has 112 valence electrons. The van der Waals surface area contributed by atoms with E-state index in [9.17, 15) is 9.59 Å². The van der Waals surface area contributed by atoms with Crippen molar-refractivity contribution in [2.75, 3.05) is 18.0 Å². The van der Waals surface area contributed by atoms with Crippen molar-refractivity contribution in [1.29, 1.82) is 0 Å². The van der Waals surface area contributed by atoms with Gasteiger partial charge in [-0.05, 0) is 38.1 Å². The Morgan fingerprint density at radius 1 is 1.10 bits per heavy atom. The molecule has 0 radical (unpaired) electrons. The molecule has 0 aliphatic rings. The topological polar surface area (TPSA) is 47.2 Å². The molecule has 0 saturated heterocycles. The van der Waals surface area contributed by atoms with Crippen LogP contribution in [-0.4, -0.2) is 22.5 Å². The molecule has 0 aliphatic heterocycles. The minimum absolute atomic E-state index is 0.179. The lowest BCUT2D eigenvalue weighted by Crippen LogP contribution is -2.40. The Hall–Kier alpha value is -1.82. The van der Waals surface area contributed by atoms with Crippen LogP contribution in [0, 0.1) is 0 Å². The maximum atomic E-state index is 12.5. The second-order valence-corrected chi connectivity index (χ2v) is 5.57. The fourth-order valence-electron chi connectivity index (χ4n) is 2.32. The smallest absolute Gasteiger partial charge is 0.289 e. The molecule has 0 N–H and O–H groups in total. The van der Waals surface area contributed by atoms with E-state index in [-0.39, 0.29) is 11.1 Å². The Morgan fingerprint density at radius 3 is 2.19 bits per heavy atom. The molecular weight excluding hydrogens is 334 g/mol. The lowest BCUT2D eigenvalue weighted by molar-refractivity contribution is 0.590. The molecule has 5 nitrogen and oxygen atoms in total. The maximum Gasteiger partial charge on any atom is 0.289 e. The van der Waals surface area contributed by atoms with Crippen molar-refractivity contribution in [2.24, 2.45) is 7.05 Å². The van der Waals surface area contributed by atoms with Crippen LogP contribution in [0.5, 0.6) is 0 Å². The monoisotopic (exact) mass is 351 g/mol. The van der Waals surface area contributed by atoms with Crippen LogP contribution < -0.4 is 16.0 Å². The van der Waals surface area contributed by atoms with Crippen LogP contribution >= 0.6 is 15.9 Å². The second kappa shape index (κ2) is 6.30. The van der Waals surface area contributed by atoms with Crippen molar-refractivity contribution >= 4 is 21.6 Å². The summed E-state index contributed by atoms with van der Waals surface area (Å²) in [4.78, 5) is 26.8. The average molecular weight is 352 g/mol. The zero-order chi connectivity index (χ0) is 15.6. The SMILES string of the molecule is CCN(CC)c1cc(=O)n(-c2ccc(Br)cc2)n(C)c1=O. The third kappa shape index (κ3) is 2.95. The van der Waals surface area contributed by atoms with E-state index in [1.807, 2.05) is 30.9 Å². The van der Waals surface area contributed by atoms with Gasteiger partial charge in [0, 0.05) is 30.7 Å². The van der Waals surface area contributed by atoms with E-state index in [2.05, 4.69) is 15.9 Å². The molecule has 0 saturated carbocycles. The first-order chi connectivity index (χ1) is 9.99. The van der Waals surface area contributed by atoms with E-state index in [1.165, 1.54) is 15.4 Å². The highest BCUT2D eigenvalue weighted by Crippen LogP contribution is 2.13. The summed E-state index contributed by atoms with van der Waals surface area (Å²) in [5, 5.41) is 0. The van der Waals surface area contributed by atoms with Crippen LogP contribution in [0.3, 0.4) is 0 Å². The number of halogens is 1. The lowest BCUT2D eigenvalue weighted by atomic mass is 10.3. The molecule has 1 aromatic heterocycles. The van der Waals surface area contributed by atoms with Crippen LogP contribution in [0.25, 0.3) is 5.69 Å². The van der Waals surface area contributed by atoms with Crippen molar-refractivity contribution in [3.05, 3.63) is 55.5 Å². The van der Waals surface area contributed by atoms with Gasteiger partial charge >= 0.3 is 0 Å². The molecule has 2 aromatic rings. The van der Waals surface area contributed by atoms with Gasteiger partial charge in [0.15, 0.2) is 0 Å². The largest absolute Gasteiger partial charge is 0.367 e. The first kappa shape index (κ1) is 15.6. The van der Waals surface area contributed by atoms with E-state index in [0.717, 1.165) is 4.47 Å². The molecule has 0 aliphatic carbocycles. The predicted octanol–water partition coefficient (Wildman–Crippen LogP) is 2.14. The number of nitrogens with zero attached hydrogens (tertiary/aromatic N) is 3. The Labute approximate surface area is 131 Å². The van der Waals surface area contributed by atoms with Crippen molar-refractivity contribution in [3.8, 4) is 5.69 Å². The standard InChI is InChI=1S/C15H18BrN3O2/c1-4-18(5-2)13-10-14(20)19(17(3)15(13)21)12-8-6-11(16)7-9-12/h6-10H,4-5H2,1-3H3. The first-order valence-electron chi connectivity index (χ1n) is 6.83. The minimum atomic E-state index is -0.221. The Bertz CT molecular complexity index is 743. The highest BCUT2D eigenvalue weighted by Gasteiger charge is 2.13. The van der Waals surface area contributed by atoms with Gasteiger partial charge in [-0.2, -0.15) is 0 Å². The fraction of sp³-hybridized carbons (Fsp3) is 0.333. The molecule has 0 fully saturated rings. The summed E-state index contributed by atoms with van der Waals surface area (Å²) in [6, 6.07) is 8.68. The summed E-state index contributed by atoms with van der Waals surface area (Å²) in [5.74, 6) is 0. The molecule has 21 heavy (non-hydrogen) atoms. The molecule has 6 heteroatoms. The number of benzene rings is 1. The molecule has 1 heterocycles. The van der Waals surface area contributed by atoms with Crippen LogP contribution in [0.2, 0.25) is 0 Å². The van der Waals surface area contributed by atoms with Crippen molar-refractivity contribution < 1.29 is 0 Å². The number of hydrogen-bond acceptors (Lipinski definition) is 3. The Balaban J connectivity index is 2.66. The third-order valence-electron chi connectivity index (χ3n) is 3.46. The van der Waals surface area contributed by atoms with Gasteiger partial charge in [-0.3, -0.25) is 9.59 Å². The van der Waals surface area contributed by atoms with Crippen molar-refractivity contribution in [3.63, 3.8) is 0 Å². The van der Waals surface area contributed by atoms with Crippen LogP contribution in [0.1, 0.15) is 13.8 Å². The van der Waals surface area contributed by atoms with E-state index in [4.69, 9.17) is 0 Å². The summed E-state index contributed by atoms with van der Waals surface area (Å²) in [6.07, 6.45) is 0. The zero-order valence-electron chi connectivity index (χ0n) is 12.3. The summed E-state index contributed by atoms with van der Waals surface area (Å²) < 4.78 is 3.66. The van der Waals surface area contributed by atoms with E-state index < -0.39 is 0 Å². The van der Waals surface area contributed by atoms with Crippen LogP contribution in [0.4, 0.5) is 5.69 Å². The minimum Gasteiger partial charge on any atom is -0.367 e. The normalized spacial score (nSPS) is 10.7. The fourth-order valence-corrected chi connectivity index (χ4v) is 2.58. The lowest BCUT2D eigenvalue weighted by Gasteiger charge is -2.22. The van der Waals surface area contributed by atoms with Gasteiger partial charge in [-0.25, -0.2) is 9.36 Å². The van der Waals surface area contributed by atoms with Gasteiger partial charge < -0.3 is 4.90 Å². The highest BCUT2D eigenvalue weighted by atomic mass is 79.9. The molecular formula is C15H18BrN3O2. The van der Waals surface area contributed by atoms with Crippen LogP contribution in [-0.2, 0) is 7.05 Å². The molecule has 0 bridgehead atoms. The molecule has 0 atom stereocenters. The van der Waals surface area contributed by atoms with Crippen molar-refractivity contribution in [1.82, 2.24) is 9.36 Å². The summed E-state index contributed by atoms with van der Waals surface area (Å²) in [5.41, 5.74) is 0.706. The molecule has 1 aromatic carbocycles. The predicted molar refractivity (Wildman–Crippen MR) is 88.5 cm³/mol. The quantitative estimate of drug-likeness (QED) is 0.847. The van der Waals surface area contributed by atoms with E-state index in [1.54, 1.807) is 19.2 Å². The molecule has 0 spiro atoms. The molecule has 2 rings (SSSR count). The third-order valence-corrected chi connectivity index (χ3v) is 3.99. The Morgan fingerprint density at radius 2 is 1.67 bits per heavy atom. The van der Waals surface area contributed by atoms with Gasteiger partial charge in [0.2, 0.25) is 0 Å². The average Bonchev–Trinajstić information content (AvgIpc) is 2.47. The van der Waals surface area contributed by atoms with Crippen molar-refractivity contribution in [2.45, 2.75) is 13.8 Å². The van der Waals surface area contributed by atoms with Gasteiger partial charge in [0.25, 0.3) is 11.1 Å². The first-order valence-corrected chi connectivity index (χ1v) is 7.63. The molecule has 0 unspecified atom stereocenters. The zero-order valence-corrected chi connectivity index (χ0v) is 13.9. The van der Waals surface area contributed by atoms with E-state index in [0.29, 0.717) is 24.5 Å². The number of aromatic nitrogens is 2. The summed E-state index contributed by atoms with van der Waals surface area (Å²) in [7, 11) is 1.61. The number of hydrogen-bond donors (Lipinski definition) is 0. The van der Waals surface area contributed by atoms with Crippen LogP contribution in [0.15, 0.2) is 44.4 Å². The molecule has 0 amide bonds. The van der Waals surface area contributed by atoms with Gasteiger partial charge in [-0.15, -0.1) is 0 Å². The number of rotatable bonds is 4. The maximum absolute atomic E-state index is 12.5. The van der Waals surface area contributed by atoms with Gasteiger partial charge in [0.05, 0.1) is 5.69 Å². The summed E-state index contributed by atoms with van der Waals surface area (Å²) >= 11 is 3.36. The Kier molecular flexibility index (Phi) is 4.67. The highest BCUT2D eigenvalue weighted by molar-refractivity contribution is 9.10. The second-order valence-electron chi connectivity index (χ2n) is 4.66. The number of anilines is 1.